The molecular weight excluding hydrogens is 212 g/mol. The number of hydrogen-bond donors (Lipinski definition) is 0. The highest BCUT2D eigenvalue weighted by Gasteiger charge is 2.51. The SMILES string of the molecule is CC(C)C1CC2(CC(=O)c3ccccc3O2)C1. The predicted octanol–water partition coefficient (Wildman–Crippen LogP) is 3.46. The van der Waals surface area contributed by atoms with E-state index in [4.69, 9.17) is 4.74 Å². The number of carbonyl (C=O) groups excluding carboxylic acids is 1. The summed E-state index contributed by atoms with van der Waals surface area (Å²) in [6.45, 7) is 4.49. The van der Waals surface area contributed by atoms with Gasteiger partial charge in [-0.3, -0.25) is 4.79 Å². The van der Waals surface area contributed by atoms with E-state index in [0.717, 1.165) is 24.2 Å². The van der Waals surface area contributed by atoms with Crippen LogP contribution in [0.3, 0.4) is 0 Å². The van der Waals surface area contributed by atoms with Crippen LogP contribution < -0.4 is 4.74 Å². The van der Waals surface area contributed by atoms with Crippen molar-refractivity contribution >= 4 is 5.78 Å². The van der Waals surface area contributed by atoms with Crippen molar-refractivity contribution in [2.24, 2.45) is 11.8 Å². The Kier molecular flexibility index (Phi) is 2.29. The van der Waals surface area contributed by atoms with Crippen LogP contribution in [0.2, 0.25) is 0 Å². The molecule has 0 aromatic heterocycles. The van der Waals surface area contributed by atoms with Gasteiger partial charge >= 0.3 is 0 Å². The van der Waals surface area contributed by atoms with E-state index in [1.165, 1.54) is 0 Å². The molecule has 1 aromatic rings. The minimum atomic E-state index is -0.180. The minimum Gasteiger partial charge on any atom is -0.486 e. The molecule has 1 fully saturated rings. The number of fused-ring (bicyclic) bond motifs is 1. The number of benzene rings is 1. The number of para-hydroxylation sites is 1. The van der Waals surface area contributed by atoms with Gasteiger partial charge in [0, 0.05) is 0 Å². The zero-order valence-corrected chi connectivity index (χ0v) is 10.4. The van der Waals surface area contributed by atoms with Gasteiger partial charge in [-0.15, -0.1) is 0 Å². The van der Waals surface area contributed by atoms with Gasteiger partial charge in [0.1, 0.15) is 11.4 Å². The largest absolute Gasteiger partial charge is 0.486 e. The molecule has 0 amide bonds. The van der Waals surface area contributed by atoms with Crippen molar-refractivity contribution in [2.45, 2.75) is 38.7 Å². The average Bonchev–Trinajstić information content (AvgIpc) is 2.25. The fourth-order valence-corrected chi connectivity index (χ4v) is 3.04. The Morgan fingerprint density at radius 2 is 2.00 bits per heavy atom. The van der Waals surface area contributed by atoms with Crippen LogP contribution in [0.25, 0.3) is 0 Å². The van der Waals surface area contributed by atoms with Gasteiger partial charge in [0.15, 0.2) is 5.78 Å². The second-order valence-corrected chi connectivity index (χ2v) is 5.79. The van der Waals surface area contributed by atoms with Crippen LogP contribution in [0.4, 0.5) is 0 Å². The first-order chi connectivity index (χ1) is 8.10. The van der Waals surface area contributed by atoms with Crippen LogP contribution in [0.5, 0.6) is 5.75 Å². The summed E-state index contributed by atoms with van der Waals surface area (Å²) >= 11 is 0. The van der Waals surface area contributed by atoms with Crippen molar-refractivity contribution in [3.63, 3.8) is 0 Å². The summed E-state index contributed by atoms with van der Waals surface area (Å²) in [6, 6.07) is 7.61. The quantitative estimate of drug-likeness (QED) is 0.738. The zero-order valence-electron chi connectivity index (χ0n) is 10.4. The number of rotatable bonds is 1. The zero-order chi connectivity index (χ0) is 12.0. The molecule has 0 radical (unpaired) electrons. The maximum absolute atomic E-state index is 12.1. The molecule has 0 saturated heterocycles. The standard InChI is InChI=1S/C15H18O2/c1-10(2)11-7-15(8-11)9-13(16)12-5-3-4-6-14(12)17-15/h3-6,10-11H,7-9H2,1-2H3. The third-order valence-corrected chi connectivity index (χ3v) is 4.21. The summed E-state index contributed by atoms with van der Waals surface area (Å²) in [6.07, 6.45) is 2.63. The van der Waals surface area contributed by atoms with Crippen molar-refractivity contribution < 1.29 is 9.53 Å². The average molecular weight is 230 g/mol. The number of hydrogen-bond acceptors (Lipinski definition) is 2. The van der Waals surface area contributed by atoms with Gasteiger partial charge in [-0.05, 0) is 36.8 Å². The van der Waals surface area contributed by atoms with Crippen LogP contribution in [0, 0.1) is 11.8 Å². The van der Waals surface area contributed by atoms with Crippen LogP contribution >= 0.6 is 0 Å². The predicted molar refractivity (Wildman–Crippen MR) is 66.3 cm³/mol. The van der Waals surface area contributed by atoms with Gasteiger partial charge in [0.25, 0.3) is 0 Å². The Morgan fingerprint density at radius 3 is 2.71 bits per heavy atom. The number of carbonyl (C=O) groups is 1. The lowest BCUT2D eigenvalue weighted by molar-refractivity contribution is -0.0696. The Labute approximate surface area is 102 Å². The van der Waals surface area contributed by atoms with E-state index in [0.29, 0.717) is 18.3 Å². The maximum Gasteiger partial charge on any atom is 0.170 e. The first-order valence-corrected chi connectivity index (χ1v) is 6.41. The molecule has 1 spiro atoms. The van der Waals surface area contributed by atoms with Crippen molar-refractivity contribution in [3.8, 4) is 5.75 Å². The molecule has 17 heavy (non-hydrogen) atoms. The van der Waals surface area contributed by atoms with E-state index < -0.39 is 0 Å². The van der Waals surface area contributed by atoms with Crippen LogP contribution in [0.1, 0.15) is 43.5 Å². The number of ketones is 1. The summed E-state index contributed by atoms with van der Waals surface area (Å²) in [4.78, 5) is 12.1. The van der Waals surface area contributed by atoms with Crippen LogP contribution in [-0.2, 0) is 0 Å². The highest BCUT2D eigenvalue weighted by Crippen LogP contribution is 2.50. The summed E-state index contributed by atoms with van der Waals surface area (Å²) < 4.78 is 6.09. The van der Waals surface area contributed by atoms with Gasteiger partial charge in [-0.2, -0.15) is 0 Å². The second-order valence-electron chi connectivity index (χ2n) is 5.79. The molecule has 1 heterocycles. The van der Waals surface area contributed by atoms with Gasteiger partial charge in [0.05, 0.1) is 12.0 Å². The molecule has 2 nitrogen and oxygen atoms in total. The summed E-state index contributed by atoms with van der Waals surface area (Å²) in [5.41, 5.74) is 0.575. The monoisotopic (exact) mass is 230 g/mol. The van der Waals surface area contributed by atoms with E-state index in [9.17, 15) is 4.79 Å². The molecule has 90 valence electrons. The maximum atomic E-state index is 12.1. The normalized spacial score (nSPS) is 31.0. The molecule has 0 bridgehead atoms. The smallest absolute Gasteiger partial charge is 0.170 e. The highest BCUT2D eigenvalue weighted by molar-refractivity contribution is 6.00. The number of Topliss-reactive ketones (excluding diaryl/α,β-unsaturated/α-hetero) is 1. The van der Waals surface area contributed by atoms with E-state index in [2.05, 4.69) is 13.8 Å². The van der Waals surface area contributed by atoms with E-state index in [1.54, 1.807) is 0 Å². The molecule has 0 unspecified atom stereocenters. The minimum absolute atomic E-state index is 0.180. The molecule has 0 atom stereocenters. The first-order valence-electron chi connectivity index (χ1n) is 6.41. The van der Waals surface area contributed by atoms with Crippen molar-refractivity contribution in [1.29, 1.82) is 0 Å². The lowest BCUT2D eigenvalue weighted by Crippen LogP contribution is -2.53. The molecule has 2 aliphatic rings. The first kappa shape index (κ1) is 10.8. The fourth-order valence-electron chi connectivity index (χ4n) is 3.04. The summed E-state index contributed by atoms with van der Waals surface area (Å²) in [7, 11) is 0. The molecule has 3 rings (SSSR count). The Balaban J connectivity index is 1.84. The molecule has 1 aliphatic heterocycles. The molecule has 1 aromatic carbocycles. The van der Waals surface area contributed by atoms with E-state index >= 15 is 0 Å². The lowest BCUT2D eigenvalue weighted by Gasteiger charge is -2.50. The van der Waals surface area contributed by atoms with Gasteiger partial charge in [0.2, 0.25) is 0 Å². The third kappa shape index (κ3) is 1.67. The van der Waals surface area contributed by atoms with Crippen molar-refractivity contribution in [3.05, 3.63) is 29.8 Å². The van der Waals surface area contributed by atoms with Gasteiger partial charge < -0.3 is 4.74 Å². The third-order valence-electron chi connectivity index (χ3n) is 4.21. The molecule has 1 aliphatic carbocycles. The Hall–Kier alpha value is -1.31. The van der Waals surface area contributed by atoms with Crippen LogP contribution in [0.15, 0.2) is 24.3 Å². The second kappa shape index (κ2) is 3.59. The molecule has 0 N–H and O–H groups in total. The Morgan fingerprint density at radius 1 is 1.29 bits per heavy atom. The van der Waals surface area contributed by atoms with Gasteiger partial charge in [-0.25, -0.2) is 0 Å². The van der Waals surface area contributed by atoms with Crippen LogP contribution in [-0.4, -0.2) is 11.4 Å². The van der Waals surface area contributed by atoms with E-state index in [-0.39, 0.29) is 11.4 Å². The summed E-state index contributed by atoms with van der Waals surface area (Å²) in [5.74, 6) is 2.43. The van der Waals surface area contributed by atoms with Gasteiger partial charge in [-0.1, -0.05) is 26.0 Å². The highest BCUT2D eigenvalue weighted by atomic mass is 16.5. The lowest BCUT2D eigenvalue weighted by atomic mass is 9.63. The molecule has 2 heteroatoms. The topological polar surface area (TPSA) is 26.3 Å². The van der Waals surface area contributed by atoms with Crippen molar-refractivity contribution in [1.82, 2.24) is 0 Å². The molecule has 1 saturated carbocycles. The molecular formula is C15H18O2. The summed E-state index contributed by atoms with van der Waals surface area (Å²) in [5, 5.41) is 0. The fraction of sp³-hybridized carbons (Fsp3) is 0.533. The van der Waals surface area contributed by atoms with Crippen molar-refractivity contribution in [2.75, 3.05) is 0 Å². The number of ether oxygens (including phenoxy) is 1. The Bertz CT molecular complexity index is 456. The van der Waals surface area contributed by atoms with E-state index in [1.807, 2.05) is 24.3 Å².